The van der Waals surface area contributed by atoms with Crippen LogP contribution < -0.4 is 10.6 Å². The van der Waals surface area contributed by atoms with Crippen LogP contribution in [0.4, 0.5) is 4.79 Å². The van der Waals surface area contributed by atoms with E-state index in [4.69, 9.17) is 0 Å². The molecule has 3 fully saturated rings. The molecule has 148 valence electrons. The minimum absolute atomic E-state index is 0.207. The Labute approximate surface area is 165 Å². The van der Waals surface area contributed by atoms with E-state index in [9.17, 15) is 14.4 Å². The van der Waals surface area contributed by atoms with E-state index in [0.717, 1.165) is 29.7 Å². The first kappa shape index (κ1) is 17.7. The number of fused-ring (bicyclic) bond motifs is 1. The fraction of sp³-hybridized carbons (Fsp3) is 0.591. The van der Waals surface area contributed by atoms with Crippen molar-refractivity contribution in [2.24, 2.45) is 11.8 Å². The number of amides is 4. The van der Waals surface area contributed by atoms with Gasteiger partial charge in [-0.15, -0.1) is 0 Å². The number of hydrogen-bond acceptors (Lipinski definition) is 3. The molecule has 4 amide bonds. The van der Waals surface area contributed by atoms with Crippen LogP contribution in [0, 0.1) is 11.8 Å². The molecule has 6 nitrogen and oxygen atoms in total. The van der Waals surface area contributed by atoms with Gasteiger partial charge in [0.2, 0.25) is 5.91 Å². The molecule has 4 aliphatic rings. The van der Waals surface area contributed by atoms with Gasteiger partial charge < -0.3 is 10.6 Å². The number of imide groups is 1. The van der Waals surface area contributed by atoms with Gasteiger partial charge in [0.1, 0.15) is 12.1 Å². The number of carbonyl (C=O) groups excluding carboxylic acids is 3. The highest BCUT2D eigenvalue weighted by molar-refractivity contribution is 6.09. The highest BCUT2D eigenvalue weighted by Gasteiger charge is 2.50. The van der Waals surface area contributed by atoms with Crippen LogP contribution in [0.1, 0.15) is 55.7 Å². The van der Waals surface area contributed by atoms with E-state index < -0.39 is 11.6 Å². The number of aryl methyl sites for hydroxylation is 2. The molecule has 3 aliphatic carbocycles. The first-order valence-electron chi connectivity index (χ1n) is 10.5. The molecule has 1 heterocycles. The monoisotopic (exact) mass is 381 g/mol. The number of nitrogens with zero attached hydrogens (tertiary/aromatic N) is 1. The van der Waals surface area contributed by atoms with Crippen molar-refractivity contribution < 1.29 is 14.4 Å². The predicted octanol–water partition coefficient (Wildman–Crippen LogP) is 2.25. The van der Waals surface area contributed by atoms with Crippen LogP contribution in [-0.2, 0) is 28.0 Å². The lowest BCUT2D eigenvalue weighted by atomic mass is 9.89. The summed E-state index contributed by atoms with van der Waals surface area (Å²) in [6, 6.07) is 5.77. The van der Waals surface area contributed by atoms with Crippen LogP contribution in [-0.4, -0.2) is 35.3 Å². The minimum atomic E-state index is -1.11. The fourth-order valence-corrected chi connectivity index (χ4v) is 4.83. The molecule has 6 heteroatoms. The molecule has 1 aromatic carbocycles. The van der Waals surface area contributed by atoms with Gasteiger partial charge in [0.05, 0.1) is 0 Å². The highest BCUT2D eigenvalue weighted by atomic mass is 16.2. The quantitative estimate of drug-likeness (QED) is 0.742. The van der Waals surface area contributed by atoms with E-state index in [1.54, 1.807) is 6.92 Å². The van der Waals surface area contributed by atoms with Crippen molar-refractivity contribution in [1.29, 1.82) is 0 Å². The Morgan fingerprint density at radius 3 is 2.54 bits per heavy atom. The second-order valence-corrected chi connectivity index (χ2v) is 9.05. The maximum atomic E-state index is 13.1. The normalized spacial score (nSPS) is 26.6. The van der Waals surface area contributed by atoms with Gasteiger partial charge in [0.15, 0.2) is 0 Å². The van der Waals surface area contributed by atoms with Crippen molar-refractivity contribution >= 4 is 17.8 Å². The van der Waals surface area contributed by atoms with Crippen LogP contribution in [0.15, 0.2) is 18.2 Å². The lowest BCUT2D eigenvalue weighted by molar-refractivity contribution is -0.135. The number of nitrogens with one attached hydrogen (secondary N) is 2. The fourth-order valence-electron chi connectivity index (χ4n) is 4.83. The summed E-state index contributed by atoms with van der Waals surface area (Å²) in [5.74, 6) is 0.581. The van der Waals surface area contributed by atoms with E-state index in [0.29, 0.717) is 11.8 Å². The second kappa shape index (κ2) is 6.33. The Morgan fingerprint density at radius 1 is 1.18 bits per heavy atom. The minimum Gasteiger partial charge on any atom is -0.351 e. The Morgan fingerprint density at radius 2 is 1.86 bits per heavy atom. The van der Waals surface area contributed by atoms with E-state index in [1.165, 1.54) is 36.8 Å². The molecule has 5 rings (SSSR count). The first-order chi connectivity index (χ1) is 13.5. The molecule has 0 spiro atoms. The standard InChI is InChI=1S/C22H27N3O3/c1-22(17-10-9-13-3-2-4-16(13)11-17)20(27)25(21(28)24-22)12-18(26)23-19(14-5-6-14)15-7-8-15/h9-11,14-15,19H,2-8,12H2,1H3,(H,23,26)(H,24,28). The average Bonchev–Trinajstić information content (AvgIpc) is 3.60. The van der Waals surface area contributed by atoms with Crippen LogP contribution in [0.5, 0.6) is 0 Å². The molecule has 2 saturated carbocycles. The molecule has 1 saturated heterocycles. The van der Waals surface area contributed by atoms with E-state index in [-0.39, 0.29) is 24.4 Å². The molecular weight excluding hydrogens is 354 g/mol. The van der Waals surface area contributed by atoms with Crippen molar-refractivity contribution in [3.8, 4) is 0 Å². The summed E-state index contributed by atoms with van der Waals surface area (Å²) in [6.07, 6.45) is 7.88. The summed E-state index contributed by atoms with van der Waals surface area (Å²) in [5.41, 5.74) is 2.27. The third-order valence-corrected chi connectivity index (χ3v) is 6.84. The van der Waals surface area contributed by atoms with Crippen molar-refractivity contribution in [2.75, 3.05) is 6.54 Å². The predicted molar refractivity (Wildman–Crippen MR) is 103 cm³/mol. The summed E-state index contributed by atoms with van der Waals surface area (Å²) >= 11 is 0. The van der Waals surface area contributed by atoms with Crippen LogP contribution >= 0.6 is 0 Å². The molecule has 1 aromatic rings. The van der Waals surface area contributed by atoms with Crippen molar-refractivity contribution in [1.82, 2.24) is 15.5 Å². The van der Waals surface area contributed by atoms with Gasteiger partial charge in [-0.05, 0) is 80.4 Å². The van der Waals surface area contributed by atoms with Gasteiger partial charge in [-0.3, -0.25) is 14.5 Å². The van der Waals surface area contributed by atoms with Crippen LogP contribution in [0.25, 0.3) is 0 Å². The number of carbonyl (C=O) groups is 3. The summed E-state index contributed by atoms with van der Waals surface area (Å²) < 4.78 is 0. The van der Waals surface area contributed by atoms with E-state index >= 15 is 0 Å². The summed E-state index contributed by atoms with van der Waals surface area (Å²) in [4.78, 5) is 39.3. The lowest BCUT2D eigenvalue weighted by Crippen LogP contribution is -2.46. The number of rotatable bonds is 6. The zero-order chi connectivity index (χ0) is 19.5. The van der Waals surface area contributed by atoms with Crippen LogP contribution in [0.2, 0.25) is 0 Å². The SMILES string of the molecule is CC1(c2ccc3c(c2)CCC3)NC(=O)N(CC(=O)NC(C2CC2)C2CC2)C1=O. The Kier molecular flexibility index (Phi) is 4.00. The summed E-state index contributed by atoms with van der Waals surface area (Å²) in [5, 5.41) is 5.92. The Balaban J connectivity index is 1.30. The smallest absolute Gasteiger partial charge is 0.325 e. The molecule has 1 aliphatic heterocycles. The molecule has 0 bridgehead atoms. The van der Waals surface area contributed by atoms with Gasteiger partial charge in [-0.1, -0.05) is 18.2 Å². The second-order valence-electron chi connectivity index (χ2n) is 9.05. The molecule has 1 unspecified atom stereocenters. The van der Waals surface area contributed by atoms with E-state index in [2.05, 4.69) is 16.7 Å². The number of benzene rings is 1. The number of hydrogen-bond donors (Lipinski definition) is 2. The van der Waals surface area contributed by atoms with Crippen molar-refractivity contribution in [2.45, 2.75) is 63.5 Å². The largest absolute Gasteiger partial charge is 0.351 e. The summed E-state index contributed by atoms with van der Waals surface area (Å²) in [7, 11) is 0. The van der Waals surface area contributed by atoms with Crippen LogP contribution in [0.3, 0.4) is 0 Å². The third-order valence-electron chi connectivity index (χ3n) is 6.84. The van der Waals surface area contributed by atoms with Gasteiger partial charge in [0, 0.05) is 6.04 Å². The number of urea groups is 1. The zero-order valence-corrected chi connectivity index (χ0v) is 16.3. The Bertz CT molecular complexity index is 847. The molecule has 28 heavy (non-hydrogen) atoms. The molecular formula is C22H27N3O3. The van der Waals surface area contributed by atoms with Gasteiger partial charge >= 0.3 is 6.03 Å². The van der Waals surface area contributed by atoms with Gasteiger partial charge in [-0.2, -0.15) is 0 Å². The topological polar surface area (TPSA) is 78.5 Å². The van der Waals surface area contributed by atoms with Crippen molar-refractivity contribution in [3.05, 3.63) is 34.9 Å². The maximum Gasteiger partial charge on any atom is 0.325 e. The van der Waals surface area contributed by atoms with Gasteiger partial charge in [-0.25, -0.2) is 4.79 Å². The Hall–Kier alpha value is -2.37. The first-order valence-corrected chi connectivity index (χ1v) is 10.5. The van der Waals surface area contributed by atoms with Gasteiger partial charge in [0.25, 0.3) is 5.91 Å². The zero-order valence-electron chi connectivity index (χ0n) is 16.3. The molecule has 2 N–H and O–H groups in total. The molecule has 0 radical (unpaired) electrons. The molecule has 1 atom stereocenters. The average molecular weight is 381 g/mol. The summed E-state index contributed by atoms with van der Waals surface area (Å²) in [6.45, 7) is 1.53. The lowest BCUT2D eigenvalue weighted by Gasteiger charge is -2.23. The third kappa shape index (κ3) is 2.99. The van der Waals surface area contributed by atoms with Crippen molar-refractivity contribution in [3.63, 3.8) is 0 Å². The maximum absolute atomic E-state index is 13.1. The van der Waals surface area contributed by atoms with E-state index in [1.807, 2.05) is 12.1 Å². The highest BCUT2D eigenvalue weighted by Crippen LogP contribution is 2.44. The molecule has 0 aromatic heterocycles.